The van der Waals surface area contributed by atoms with Gasteiger partial charge in [-0.3, -0.25) is 0 Å². The number of likely N-dealkylation sites (tertiary alicyclic amines) is 1. The summed E-state index contributed by atoms with van der Waals surface area (Å²) in [5.41, 5.74) is 7.64. The molecule has 5 aromatic rings. The zero-order chi connectivity index (χ0) is 28.8. The topological polar surface area (TPSA) is 98.2 Å². The van der Waals surface area contributed by atoms with Crippen LogP contribution >= 0.6 is 22.9 Å². The fraction of sp³-hybridized carbons (Fsp3) is 0.400. The number of nitrogen functional groups attached to an aromatic ring is 1. The van der Waals surface area contributed by atoms with Crippen molar-refractivity contribution in [1.82, 2.24) is 29.4 Å². The molecule has 1 unspecified atom stereocenters. The van der Waals surface area contributed by atoms with E-state index in [4.69, 9.17) is 27.1 Å². The van der Waals surface area contributed by atoms with Crippen LogP contribution in [0.1, 0.15) is 38.1 Å². The molecule has 42 heavy (non-hydrogen) atoms. The number of aromatic nitrogens is 5. The van der Waals surface area contributed by atoms with E-state index in [0.717, 1.165) is 56.4 Å². The quantitative estimate of drug-likeness (QED) is 0.245. The van der Waals surface area contributed by atoms with Crippen molar-refractivity contribution in [2.75, 3.05) is 43.9 Å². The summed E-state index contributed by atoms with van der Waals surface area (Å²) < 4.78 is 25.9. The Morgan fingerprint density at radius 2 is 1.98 bits per heavy atom. The Labute approximate surface area is 252 Å². The first-order valence-electron chi connectivity index (χ1n) is 14.4. The van der Waals surface area contributed by atoms with Crippen LogP contribution in [-0.2, 0) is 0 Å². The molecule has 9 nitrogen and oxygen atoms in total. The minimum atomic E-state index is -0.519. The molecule has 218 valence electrons. The molecule has 0 spiro atoms. The fourth-order valence-electron chi connectivity index (χ4n) is 6.31. The number of likely N-dealkylation sites (N-methyl/N-ethyl adjacent to an activating group) is 1. The Morgan fingerprint density at radius 1 is 1.10 bits per heavy atom. The van der Waals surface area contributed by atoms with Crippen molar-refractivity contribution in [3.63, 3.8) is 0 Å². The first kappa shape index (κ1) is 27.3. The molecule has 0 saturated carbocycles. The highest BCUT2D eigenvalue weighted by Gasteiger charge is 2.27. The lowest BCUT2D eigenvalue weighted by molar-refractivity contribution is 0.188. The summed E-state index contributed by atoms with van der Waals surface area (Å²) in [4.78, 5) is 22.7. The van der Waals surface area contributed by atoms with E-state index in [1.54, 1.807) is 6.07 Å². The van der Waals surface area contributed by atoms with Crippen LogP contribution in [0.5, 0.6) is 6.01 Å². The van der Waals surface area contributed by atoms with Gasteiger partial charge in [0, 0.05) is 54.1 Å². The van der Waals surface area contributed by atoms with Gasteiger partial charge in [-0.15, -0.1) is 0 Å². The Hall–Kier alpha value is -3.54. The number of halogens is 2. The number of nitrogens with two attached hydrogens (primary N) is 1. The van der Waals surface area contributed by atoms with E-state index in [2.05, 4.69) is 36.4 Å². The lowest BCUT2D eigenvalue weighted by atomic mass is 10.0. The molecular weight excluding hydrogens is 575 g/mol. The largest absolute Gasteiger partial charge is 0.462 e. The van der Waals surface area contributed by atoms with Gasteiger partial charge >= 0.3 is 6.01 Å². The van der Waals surface area contributed by atoms with Gasteiger partial charge in [0.1, 0.15) is 17.9 Å². The first-order valence-corrected chi connectivity index (χ1v) is 15.6. The summed E-state index contributed by atoms with van der Waals surface area (Å²) in [5, 5.41) is 1.26. The molecule has 0 aliphatic carbocycles. The second-order valence-corrected chi connectivity index (χ2v) is 12.6. The van der Waals surface area contributed by atoms with Crippen molar-refractivity contribution in [3.8, 4) is 17.1 Å². The summed E-state index contributed by atoms with van der Waals surface area (Å²) in [5.74, 6) is 0.124. The molecule has 2 N–H and O–H groups in total. The van der Waals surface area contributed by atoms with Crippen molar-refractivity contribution < 1.29 is 9.13 Å². The Morgan fingerprint density at radius 3 is 2.79 bits per heavy atom. The number of thiazole rings is 1. The van der Waals surface area contributed by atoms with Gasteiger partial charge in [-0.2, -0.15) is 9.97 Å². The summed E-state index contributed by atoms with van der Waals surface area (Å²) >= 11 is 8.23. The average molecular weight is 607 g/mol. The van der Waals surface area contributed by atoms with Crippen LogP contribution in [0.25, 0.3) is 32.2 Å². The van der Waals surface area contributed by atoms with Gasteiger partial charge in [0.2, 0.25) is 0 Å². The number of hydrogen-bond acceptors (Lipinski definition) is 9. The van der Waals surface area contributed by atoms with E-state index >= 15 is 4.39 Å². The summed E-state index contributed by atoms with van der Waals surface area (Å²) in [6.45, 7) is 3.01. The third-order valence-corrected chi connectivity index (χ3v) is 9.72. The third kappa shape index (κ3) is 5.03. The molecule has 0 bridgehead atoms. The van der Waals surface area contributed by atoms with Crippen LogP contribution in [0.2, 0.25) is 5.02 Å². The second kappa shape index (κ2) is 11.3. The average Bonchev–Trinajstić information content (AvgIpc) is 3.70. The molecule has 2 aliphatic rings. The van der Waals surface area contributed by atoms with Crippen molar-refractivity contribution in [2.24, 2.45) is 0 Å². The molecular formula is C30H32ClFN8OS. The molecule has 7 rings (SSSR count). The molecule has 2 atom stereocenters. The van der Waals surface area contributed by atoms with E-state index in [9.17, 15) is 0 Å². The molecule has 12 heteroatoms. The molecule has 2 aliphatic heterocycles. The second-order valence-electron chi connectivity index (χ2n) is 11.1. The van der Waals surface area contributed by atoms with E-state index in [1.165, 1.54) is 11.3 Å². The van der Waals surface area contributed by atoms with Crippen LogP contribution in [0.4, 0.5) is 15.3 Å². The summed E-state index contributed by atoms with van der Waals surface area (Å²) in [6.07, 6.45) is 10.8. The first-order chi connectivity index (χ1) is 20.5. The van der Waals surface area contributed by atoms with E-state index in [1.807, 2.05) is 36.9 Å². The number of para-hydroxylation sites is 1. The monoisotopic (exact) mass is 606 g/mol. The Balaban J connectivity index is 1.32. The highest BCUT2D eigenvalue weighted by Crippen LogP contribution is 2.42. The lowest BCUT2D eigenvalue weighted by Gasteiger charge is -2.25. The number of ether oxygens (including phenoxy) is 1. The summed E-state index contributed by atoms with van der Waals surface area (Å²) in [6, 6.07) is 8.18. The van der Waals surface area contributed by atoms with E-state index in [0.29, 0.717) is 40.1 Å². The highest BCUT2D eigenvalue weighted by molar-refractivity contribution is 7.22. The fourth-order valence-corrected chi connectivity index (χ4v) is 7.37. The highest BCUT2D eigenvalue weighted by atomic mass is 35.5. The van der Waals surface area contributed by atoms with Crippen molar-refractivity contribution in [2.45, 2.75) is 44.2 Å². The molecule has 2 saturated heterocycles. The van der Waals surface area contributed by atoms with Crippen LogP contribution in [0.3, 0.4) is 0 Å². The number of rotatable bonds is 6. The Bertz CT molecular complexity index is 1750. The number of nitrogens with zero attached hydrogens (tertiary/aromatic N) is 7. The van der Waals surface area contributed by atoms with Gasteiger partial charge in [-0.05, 0) is 57.8 Å². The van der Waals surface area contributed by atoms with Gasteiger partial charge in [0.05, 0.1) is 21.6 Å². The summed E-state index contributed by atoms with van der Waals surface area (Å²) in [7, 11) is 2.10. The van der Waals surface area contributed by atoms with Gasteiger partial charge in [-0.1, -0.05) is 35.1 Å². The SMILES string of the molecule is CN1CCC[C@H]1COc1nc(N2CCCC(n3ccnc3)CC2)c2cc(Cl)c(-c3cccc4sc(N)nc34)c(F)c2n1. The maximum absolute atomic E-state index is 16.7. The maximum atomic E-state index is 16.7. The molecule has 0 amide bonds. The predicted molar refractivity (Wildman–Crippen MR) is 166 cm³/mol. The minimum Gasteiger partial charge on any atom is -0.462 e. The van der Waals surface area contributed by atoms with E-state index < -0.39 is 5.82 Å². The van der Waals surface area contributed by atoms with Gasteiger partial charge in [-0.25, -0.2) is 14.4 Å². The molecule has 2 aromatic carbocycles. The standard InChI is InChI=1S/C30H32ClFN8OS/c1-38-11-3-6-19(38)16-41-30-36-27-21(28(37-30)39-12-4-5-18(9-13-39)40-14-10-34-17-40)15-22(31)24(25(27)32)20-7-2-8-23-26(20)35-29(33)42-23/h2,7-8,10,14-15,17-19H,3-6,9,11-13,16H2,1H3,(H2,33,35)/t18?,19-/m0/s1. The third-order valence-electron chi connectivity index (χ3n) is 8.57. The maximum Gasteiger partial charge on any atom is 0.319 e. The van der Waals surface area contributed by atoms with Crippen LogP contribution in [-0.4, -0.2) is 68.7 Å². The van der Waals surface area contributed by atoms with Crippen LogP contribution < -0.4 is 15.4 Å². The molecule has 2 fully saturated rings. The lowest BCUT2D eigenvalue weighted by Crippen LogP contribution is -2.31. The van der Waals surface area contributed by atoms with Gasteiger partial charge in [0.25, 0.3) is 0 Å². The van der Waals surface area contributed by atoms with Crippen molar-refractivity contribution in [1.29, 1.82) is 0 Å². The number of imidazole rings is 1. The smallest absolute Gasteiger partial charge is 0.319 e. The van der Waals surface area contributed by atoms with Gasteiger partial charge in [0.15, 0.2) is 10.9 Å². The van der Waals surface area contributed by atoms with Crippen molar-refractivity contribution in [3.05, 3.63) is 53.8 Å². The van der Waals surface area contributed by atoms with E-state index in [-0.39, 0.29) is 28.2 Å². The zero-order valence-corrected chi connectivity index (χ0v) is 24.9. The van der Waals surface area contributed by atoms with Gasteiger partial charge < -0.3 is 24.8 Å². The zero-order valence-electron chi connectivity index (χ0n) is 23.3. The normalized spacial score (nSPS) is 20.0. The number of anilines is 2. The Kier molecular flexibility index (Phi) is 7.33. The number of fused-ring (bicyclic) bond motifs is 2. The minimum absolute atomic E-state index is 0.177. The molecule has 0 radical (unpaired) electrons. The number of hydrogen-bond donors (Lipinski definition) is 1. The number of benzene rings is 2. The predicted octanol–water partition coefficient (Wildman–Crippen LogP) is 6.18. The van der Waals surface area contributed by atoms with Crippen LogP contribution in [0.15, 0.2) is 43.0 Å². The molecule has 5 heterocycles. The molecule has 3 aromatic heterocycles. The van der Waals surface area contributed by atoms with Crippen molar-refractivity contribution >= 4 is 55.0 Å². The van der Waals surface area contributed by atoms with Crippen LogP contribution in [0, 0.1) is 5.82 Å².